The number of nitrogens with one attached hydrogen (secondary N) is 1. The van der Waals surface area contributed by atoms with E-state index >= 15 is 0 Å². The Bertz CT molecular complexity index is 966. The predicted molar refractivity (Wildman–Crippen MR) is 102 cm³/mol. The minimum Gasteiger partial charge on any atom is -0.479 e. The highest BCUT2D eigenvalue weighted by Crippen LogP contribution is 2.27. The second-order valence-electron chi connectivity index (χ2n) is 5.41. The van der Waals surface area contributed by atoms with Crippen LogP contribution < -0.4 is 10.1 Å². The van der Waals surface area contributed by atoms with E-state index in [-0.39, 0.29) is 10.9 Å². The number of amides is 1. The lowest BCUT2D eigenvalue weighted by molar-refractivity contribution is -0.122. The van der Waals surface area contributed by atoms with Gasteiger partial charge in [0.15, 0.2) is 11.2 Å². The molecule has 1 amide bonds. The van der Waals surface area contributed by atoms with Gasteiger partial charge >= 0.3 is 0 Å². The van der Waals surface area contributed by atoms with Crippen LogP contribution in [-0.2, 0) is 4.79 Å². The molecule has 130 valence electrons. The highest BCUT2D eigenvalue weighted by Gasteiger charge is 2.18. The van der Waals surface area contributed by atoms with Crippen LogP contribution in [0.5, 0.6) is 5.75 Å². The lowest BCUT2D eigenvalue weighted by Gasteiger charge is -2.14. The van der Waals surface area contributed by atoms with Crippen LogP contribution in [0.1, 0.15) is 12.5 Å². The smallest absolute Gasteiger partial charge is 0.266 e. The molecule has 2 aromatic carbocycles. The van der Waals surface area contributed by atoms with Crippen molar-refractivity contribution >= 4 is 34.0 Å². The molecule has 0 aliphatic carbocycles. The van der Waals surface area contributed by atoms with Gasteiger partial charge in [-0.3, -0.25) is 10.1 Å². The lowest BCUT2D eigenvalue weighted by Crippen LogP contribution is -2.30. The Morgan fingerprint density at radius 3 is 2.77 bits per heavy atom. The average molecular weight is 384 g/mol. The van der Waals surface area contributed by atoms with Gasteiger partial charge in [-0.05, 0) is 25.1 Å². The number of nitriles is 1. The number of carbonyl (C=O) groups is 1. The van der Waals surface area contributed by atoms with Crippen molar-refractivity contribution in [2.24, 2.45) is 0 Å². The van der Waals surface area contributed by atoms with Crippen molar-refractivity contribution in [3.05, 3.63) is 64.5 Å². The molecule has 1 N–H and O–H groups in total. The van der Waals surface area contributed by atoms with Crippen molar-refractivity contribution in [3.8, 4) is 23.1 Å². The van der Waals surface area contributed by atoms with Crippen molar-refractivity contribution in [1.82, 2.24) is 4.98 Å². The average Bonchev–Trinajstić information content (AvgIpc) is 3.12. The van der Waals surface area contributed by atoms with E-state index in [4.69, 9.17) is 21.6 Å². The molecule has 0 aliphatic heterocycles. The van der Waals surface area contributed by atoms with E-state index in [1.165, 1.54) is 17.4 Å². The number of rotatable bonds is 5. The minimum atomic E-state index is -0.774. The molecule has 7 heteroatoms. The van der Waals surface area contributed by atoms with Crippen LogP contribution in [0.2, 0.25) is 5.02 Å². The minimum absolute atomic E-state index is 0.282. The molecule has 0 fully saturated rings. The van der Waals surface area contributed by atoms with Crippen LogP contribution in [0.3, 0.4) is 0 Å². The molecule has 1 atom stereocenters. The number of halogens is 1. The molecule has 5 nitrogen and oxygen atoms in total. The van der Waals surface area contributed by atoms with Gasteiger partial charge in [0.25, 0.3) is 5.91 Å². The largest absolute Gasteiger partial charge is 0.479 e. The summed E-state index contributed by atoms with van der Waals surface area (Å²) in [4.78, 5) is 16.8. The Morgan fingerprint density at radius 1 is 1.31 bits per heavy atom. The molecule has 0 bridgehead atoms. The fourth-order valence-electron chi connectivity index (χ4n) is 2.19. The second kappa shape index (κ2) is 8.00. The number of thiazole rings is 1. The SMILES string of the molecule is C[C@@H](Oc1ccc(C#N)cc1Cl)C(=O)Nc1nc(-c2ccccc2)cs1. The van der Waals surface area contributed by atoms with Crippen LogP contribution in [0.4, 0.5) is 5.13 Å². The van der Waals surface area contributed by atoms with Gasteiger partial charge in [0, 0.05) is 10.9 Å². The summed E-state index contributed by atoms with van der Waals surface area (Å²) in [6, 6.07) is 16.4. The first-order chi connectivity index (χ1) is 12.6. The molecule has 1 heterocycles. The molecule has 0 aliphatic rings. The highest BCUT2D eigenvalue weighted by molar-refractivity contribution is 7.14. The normalized spacial score (nSPS) is 11.4. The van der Waals surface area contributed by atoms with Gasteiger partial charge in [-0.15, -0.1) is 11.3 Å². The number of benzene rings is 2. The maximum Gasteiger partial charge on any atom is 0.266 e. The molecule has 0 spiro atoms. The summed E-state index contributed by atoms with van der Waals surface area (Å²) in [6.45, 7) is 1.62. The quantitative estimate of drug-likeness (QED) is 0.690. The topological polar surface area (TPSA) is 75.0 Å². The predicted octanol–water partition coefficient (Wildman–Crippen LogP) is 4.74. The molecule has 0 unspecified atom stereocenters. The Kier molecular flexibility index (Phi) is 5.52. The standard InChI is InChI=1S/C19H14ClN3O2S/c1-12(25-17-8-7-13(10-21)9-15(17)20)18(24)23-19-22-16(11-26-19)14-5-3-2-4-6-14/h2-9,11-12H,1H3,(H,22,23,24)/t12-/m1/s1. The van der Waals surface area contributed by atoms with Gasteiger partial charge < -0.3 is 4.74 Å². The van der Waals surface area contributed by atoms with Crippen LogP contribution >= 0.6 is 22.9 Å². The fraction of sp³-hybridized carbons (Fsp3) is 0.105. The molecule has 0 radical (unpaired) electrons. The van der Waals surface area contributed by atoms with Gasteiger partial charge in [-0.1, -0.05) is 41.9 Å². The molecule has 1 aromatic heterocycles. The Balaban J connectivity index is 1.65. The number of hydrogen-bond acceptors (Lipinski definition) is 5. The zero-order valence-corrected chi connectivity index (χ0v) is 15.3. The van der Waals surface area contributed by atoms with E-state index in [9.17, 15) is 4.79 Å². The summed E-state index contributed by atoms with van der Waals surface area (Å²) >= 11 is 7.41. The summed E-state index contributed by atoms with van der Waals surface area (Å²) in [5.74, 6) is 0.0109. The Hall–Kier alpha value is -2.88. The number of aromatic nitrogens is 1. The zero-order chi connectivity index (χ0) is 18.5. The number of ether oxygens (including phenoxy) is 1. The summed E-state index contributed by atoms with van der Waals surface area (Å²) in [5, 5.41) is 14.3. The molecule has 26 heavy (non-hydrogen) atoms. The van der Waals surface area contributed by atoms with Crippen molar-refractivity contribution < 1.29 is 9.53 Å². The summed E-state index contributed by atoms with van der Waals surface area (Å²) in [6.07, 6.45) is -0.774. The van der Waals surface area contributed by atoms with Gasteiger partial charge in [-0.25, -0.2) is 4.98 Å². The van der Waals surface area contributed by atoms with E-state index in [0.29, 0.717) is 16.4 Å². The van der Waals surface area contributed by atoms with Crippen LogP contribution in [-0.4, -0.2) is 17.0 Å². The fourth-order valence-corrected chi connectivity index (χ4v) is 3.14. The van der Waals surface area contributed by atoms with Crippen molar-refractivity contribution in [1.29, 1.82) is 5.26 Å². The molecule has 3 aromatic rings. The van der Waals surface area contributed by atoms with E-state index in [1.807, 2.05) is 41.8 Å². The molecule has 0 saturated carbocycles. The zero-order valence-electron chi connectivity index (χ0n) is 13.8. The number of nitrogens with zero attached hydrogens (tertiary/aromatic N) is 2. The third-order valence-corrected chi connectivity index (χ3v) is 4.59. The first kappa shape index (κ1) is 17.9. The Labute approximate surface area is 159 Å². The molecule has 0 saturated heterocycles. The number of carbonyl (C=O) groups excluding carboxylic acids is 1. The maximum atomic E-state index is 12.3. The van der Waals surface area contributed by atoms with Crippen molar-refractivity contribution in [2.75, 3.05) is 5.32 Å². The van der Waals surface area contributed by atoms with Gasteiger partial charge in [0.05, 0.1) is 22.3 Å². The van der Waals surface area contributed by atoms with Crippen LogP contribution in [0.25, 0.3) is 11.3 Å². The van der Waals surface area contributed by atoms with Gasteiger partial charge in [0.2, 0.25) is 0 Å². The third-order valence-electron chi connectivity index (χ3n) is 3.54. The summed E-state index contributed by atoms with van der Waals surface area (Å²) in [5.41, 5.74) is 2.21. The van der Waals surface area contributed by atoms with Crippen LogP contribution in [0, 0.1) is 11.3 Å². The number of hydrogen-bond donors (Lipinski definition) is 1. The van der Waals surface area contributed by atoms with E-state index in [2.05, 4.69) is 10.3 Å². The van der Waals surface area contributed by atoms with E-state index in [1.54, 1.807) is 19.1 Å². The van der Waals surface area contributed by atoms with Gasteiger partial charge in [0.1, 0.15) is 5.75 Å². The first-order valence-corrected chi connectivity index (χ1v) is 9.00. The lowest BCUT2D eigenvalue weighted by atomic mass is 10.2. The van der Waals surface area contributed by atoms with E-state index < -0.39 is 6.10 Å². The molecular formula is C19H14ClN3O2S. The second-order valence-corrected chi connectivity index (χ2v) is 6.68. The maximum absolute atomic E-state index is 12.3. The third kappa shape index (κ3) is 4.20. The Morgan fingerprint density at radius 2 is 2.08 bits per heavy atom. The first-order valence-electron chi connectivity index (χ1n) is 7.75. The van der Waals surface area contributed by atoms with Crippen molar-refractivity contribution in [3.63, 3.8) is 0 Å². The van der Waals surface area contributed by atoms with Crippen molar-refractivity contribution in [2.45, 2.75) is 13.0 Å². The van der Waals surface area contributed by atoms with Crippen LogP contribution in [0.15, 0.2) is 53.9 Å². The summed E-state index contributed by atoms with van der Waals surface area (Å²) < 4.78 is 5.59. The number of anilines is 1. The highest BCUT2D eigenvalue weighted by atomic mass is 35.5. The molecule has 3 rings (SSSR count). The van der Waals surface area contributed by atoms with Gasteiger partial charge in [-0.2, -0.15) is 5.26 Å². The monoisotopic (exact) mass is 383 g/mol. The summed E-state index contributed by atoms with van der Waals surface area (Å²) in [7, 11) is 0. The molecular weight excluding hydrogens is 370 g/mol. The van der Waals surface area contributed by atoms with E-state index in [0.717, 1.165) is 11.3 Å².